The lowest BCUT2D eigenvalue weighted by atomic mass is 9.86. The van der Waals surface area contributed by atoms with Gasteiger partial charge in [-0.15, -0.1) is 0 Å². The molecule has 1 fully saturated rings. The fourth-order valence-corrected chi connectivity index (χ4v) is 2.79. The number of rotatable bonds is 5. The number of carbonyl (C=O) groups excluding carboxylic acids is 1. The molecule has 0 aromatic heterocycles. The molecule has 0 saturated heterocycles. The molecule has 21 heavy (non-hydrogen) atoms. The quantitative estimate of drug-likeness (QED) is 0.610. The summed E-state index contributed by atoms with van der Waals surface area (Å²) in [7, 11) is 1.50. The number of carbonyl (C=O) groups is 1. The highest BCUT2D eigenvalue weighted by Crippen LogP contribution is 2.30. The van der Waals surface area contributed by atoms with E-state index in [9.17, 15) is 4.79 Å². The van der Waals surface area contributed by atoms with E-state index in [2.05, 4.69) is 0 Å². The van der Waals surface area contributed by atoms with E-state index < -0.39 is 0 Å². The van der Waals surface area contributed by atoms with Gasteiger partial charge in [0, 0.05) is 12.5 Å². The summed E-state index contributed by atoms with van der Waals surface area (Å²) in [6.45, 7) is 0. The summed E-state index contributed by atoms with van der Waals surface area (Å²) in [5, 5.41) is 8.85. The Bertz CT molecular complexity index is 527. The Labute approximate surface area is 125 Å². The van der Waals surface area contributed by atoms with Crippen LogP contribution in [0.15, 0.2) is 18.2 Å². The van der Waals surface area contributed by atoms with Gasteiger partial charge in [-0.25, -0.2) is 0 Å². The second kappa shape index (κ2) is 7.68. The molecule has 4 nitrogen and oxygen atoms in total. The van der Waals surface area contributed by atoms with Gasteiger partial charge in [0.15, 0.2) is 11.5 Å². The van der Waals surface area contributed by atoms with Crippen molar-refractivity contribution >= 4 is 5.97 Å². The van der Waals surface area contributed by atoms with Gasteiger partial charge in [-0.05, 0) is 24.5 Å². The molecule has 1 aliphatic carbocycles. The Balaban J connectivity index is 1.88. The smallest absolute Gasteiger partial charge is 0.311 e. The zero-order valence-corrected chi connectivity index (χ0v) is 12.4. The molecule has 1 aliphatic rings. The van der Waals surface area contributed by atoms with Crippen LogP contribution in [0.4, 0.5) is 0 Å². The maximum atomic E-state index is 11.9. The van der Waals surface area contributed by atoms with Gasteiger partial charge in [0.25, 0.3) is 0 Å². The Hall–Kier alpha value is -2.02. The number of esters is 1. The van der Waals surface area contributed by atoms with E-state index in [0.29, 0.717) is 29.4 Å². The minimum atomic E-state index is -0.233. The van der Waals surface area contributed by atoms with Crippen LogP contribution >= 0.6 is 0 Å². The molecule has 0 N–H and O–H groups in total. The van der Waals surface area contributed by atoms with Gasteiger partial charge in [-0.2, -0.15) is 5.26 Å². The number of nitrogens with zero attached hydrogens (tertiary/aromatic N) is 1. The van der Waals surface area contributed by atoms with Crippen LogP contribution in [-0.2, 0) is 4.79 Å². The summed E-state index contributed by atoms with van der Waals surface area (Å²) in [5.74, 6) is 1.22. The average Bonchev–Trinajstić information content (AvgIpc) is 2.54. The molecule has 0 bridgehead atoms. The van der Waals surface area contributed by atoms with Crippen molar-refractivity contribution in [1.82, 2.24) is 0 Å². The predicted octanol–water partition coefficient (Wildman–Crippen LogP) is 3.83. The Morgan fingerprint density at radius 1 is 1.29 bits per heavy atom. The monoisotopic (exact) mass is 287 g/mol. The molecule has 0 aliphatic heterocycles. The van der Waals surface area contributed by atoms with Crippen LogP contribution in [0.25, 0.3) is 0 Å². The first-order valence-corrected chi connectivity index (χ1v) is 7.51. The molecule has 2 rings (SSSR count). The van der Waals surface area contributed by atoms with Gasteiger partial charge in [0.05, 0.1) is 18.7 Å². The lowest BCUT2D eigenvalue weighted by molar-refractivity contribution is -0.134. The Morgan fingerprint density at radius 3 is 2.71 bits per heavy atom. The maximum Gasteiger partial charge on any atom is 0.311 e. The molecular formula is C17H21NO3. The van der Waals surface area contributed by atoms with Gasteiger partial charge >= 0.3 is 5.97 Å². The van der Waals surface area contributed by atoms with Gasteiger partial charge in [-0.3, -0.25) is 4.79 Å². The maximum absolute atomic E-state index is 11.9. The molecule has 112 valence electrons. The first-order chi connectivity index (χ1) is 10.2. The summed E-state index contributed by atoms with van der Waals surface area (Å²) >= 11 is 0. The molecule has 0 unspecified atom stereocenters. The average molecular weight is 287 g/mol. The van der Waals surface area contributed by atoms with Gasteiger partial charge in [0.1, 0.15) is 0 Å². The molecule has 0 atom stereocenters. The second-order valence-corrected chi connectivity index (χ2v) is 5.49. The molecule has 0 spiro atoms. The molecule has 4 heteroatoms. The SMILES string of the molecule is COc1cc(C#N)ccc1OC(=O)CCC1CCCCC1. The van der Waals surface area contributed by atoms with E-state index in [1.54, 1.807) is 18.2 Å². The number of hydrogen-bond donors (Lipinski definition) is 0. The third-order valence-electron chi connectivity index (χ3n) is 4.00. The molecule has 0 radical (unpaired) electrons. The van der Waals surface area contributed by atoms with Crippen molar-refractivity contribution in [3.8, 4) is 17.6 Å². The van der Waals surface area contributed by atoms with Crippen LogP contribution in [0.3, 0.4) is 0 Å². The van der Waals surface area contributed by atoms with E-state index >= 15 is 0 Å². The fraction of sp³-hybridized carbons (Fsp3) is 0.529. The van der Waals surface area contributed by atoms with Crippen molar-refractivity contribution in [3.05, 3.63) is 23.8 Å². The van der Waals surface area contributed by atoms with Crippen molar-refractivity contribution in [2.24, 2.45) is 5.92 Å². The Kier molecular flexibility index (Phi) is 5.62. The first-order valence-electron chi connectivity index (χ1n) is 7.51. The van der Waals surface area contributed by atoms with Crippen LogP contribution < -0.4 is 9.47 Å². The third-order valence-corrected chi connectivity index (χ3v) is 4.00. The summed E-state index contributed by atoms with van der Waals surface area (Å²) < 4.78 is 10.5. The highest BCUT2D eigenvalue weighted by atomic mass is 16.6. The Morgan fingerprint density at radius 2 is 2.05 bits per heavy atom. The number of methoxy groups -OCH3 is 1. The van der Waals surface area contributed by atoms with Crippen LogP contribution in [0.2, 0.25) is 0 Å². The lowest BCUT2D eigenvalue weighted by Gasteiger charge is -2.20. The molecular weight excluding hydrogens is 266 g/mol. The van der Waals surface area contributed by atoms with Crippen molar-refractivity contribution in [2.45, 2.75) is 44.9 Å². The molecule has 1 aromatic rings. The largest absolute Gasteiger partial charge is 0.493 e. The summed E-state index contributed by atoms with van der Waals surface area (Å²) in [4.78, 5) is 11.9. The summed E-state index contributed by atoms with van der Waals surface area (Å²) in [6, 6.07) is 6.83. The lowest BCUT2D eigenvalue weighted by Crippen LogP contribution is -2.13. The fourth-order valence-electron chi connectivity index (χ4n) is 2.79. The van der Waals surface area contributed by atoms with Crippen LogP contribution in [0.1, 0.15) is 50.5 Å². The van der Waals surface area contributed by atoms with Crippen molar-refractivity contribution < 1.29 is 14.3 Å². The van der Waals surface area contributed by atoms with E-state index in [4.69, 9.17) is 14.7 Å². The highest BCUT2D eigenvalue weighted by molar-refractivity contribution is 5.73. The van der Waals surface area contributed by atoms with E-state index in [-0.39, 0.29) is 5.97 Å². The number of nitriles is 1. The van der Waals surface area contributed by atoms with Crippen LogP contribution in [-0.4, -0.2) is 13.1 Å². The van der Waals surface area contributed by atoms with Crippen molar-refractivity contribution in [3.63, 3.8) is 0 Å². The summed E-state index contributed by atoms with van der Waals surface area (Å²) in [5.41, 5.74) is 0.480. The van der Waals surface area contributed by atoms with Crippen LogP contribution in [0.5, 0.6) is 11.5 Å². The molecule has 0 amide bonds. The van der Waals surface area contributed by atoms with Gasteiger partial charge in [0.2, 0.25) is 0 Å². The minimum Gasteiger partial charge on any atom is -0.493 e. The van der Waals surface area contributed by atoms with Crippen molar-refractivity contribution in [1.29, 1.82) is 5.26 Å². The molecule has 1 saturated carbocycles. The van der Waals surface area contributed by atoms with E-state index in [1.807, 2.05) is 6.07 Å². The zero-order chi connectivity index (χ0) is 15.1. The zero-order valence-electron chi connectivity index (χ0n) is 12.4. The van der Waals surface area contributed by atoms with E-state index in [1.165, 1.54) is 39.2 Å². The van der Waals surface area contributed by atoms with E-state index in [0.717, 1.165) is 6.42 Å². The molecule has 1 aromatic carbocycles. The second-order valence-electron chi connectivity index (χ2n) is 5.49. The normalized spacial score (nSPS) is 15.2. The van der Waals surface area contributed by atoms with Gasteiger partial charge in [-0.1, -0.05) is 32.1 Å². The van der Waals surface area contributed by atoms with Gasteiger partial charge < -0.3 is 9.47 Å². The third kappa shape index (κ3) is 4.49. The standard InChI is InChI=1S/C17H21NO3/c1-20-16-11-14(12-18)7-9-15(16)21-17(19)10-8-13-5-3-2-4-6-13/h7,9,11,13H,2-6,8,10H2,1H3. The highest BCUT2D eigenvalue weighted by Gasteiger charge is 2.16. The summed E-state index contributed by atoms with van der Waals surface area (Å²) in [6.07, 6.45) is 7.68. The predicted molar refractivity (Wildman–Crippen MR) is 79.2 cm³/mol. The number of benzene rings is 1. The number of ether oxygens (including phenoxy) is 2. The minimum absolute atomic E-state index is 0.233. The molecule has 0 heterocycles. The first kappa shape index (κ1) is 15.4. The topological polar surface area (TPSA) is 59.3 Å². The number of hydrogen-bond acceptors (Lipinski definition) is 4. The van der Waals surface area contributed by atoms with Crippen LogP contribution in [0, 0.1) is 17.2 Å². The van der Waals surface area contributed by atoms with Crippen molar-refractivity contribution in [2.75, 3.05) is 7.11 Å².